The number of rotatable bonds is 5. The first-order chi connectivity index (χ1) is 15.2. The average Bonchev–Trinajstić information content (AvgIpc) is 3.44. The van der Waals surface area contributed by atoms with E-state index in [1.807, 2.05) is 58.0 Å². The summed E-state index contributed by atoms with van der Waals surface area (Å²) in [7, 11) is 0. The van der Waals surface area contributed by atoms with Crippen molar-refractivity contribution in [2.45, 2.75) is 44.6 Å². The number of aromatic nitrogens is 2. The van der Waals surface area contributed by atoms with Gasteiger partial charge in [-0.1, -0.05) is 31.0 Å². The Hall–Kier alpha value is -3.02. The van der Waals surface area contributed by atoms with Gasteiger partial charge in [-0.2, -0.15) is 0 Å². The van der Waals surface area contributed by atoms with Crippen molar-refractivity contribution in [3.8, 4) is 5.75 Å². The third kappa shape index (κ3) is 4.11. The van der Waals surface area contributed by atoms with Crippen LogP contribution in [0.4, 0.5) is 0 Å². The van der Waals surface area contributed by atoms with E-state index in [1.54, 1.807) is 0 Å². The predicted molar refractivity (Wildman–Crippen MR) is 121 cm³/mol. The summed E-state index contributed by atoms with van der Waals surface area (Å²) in [6.45, 7) is 2.08. The fourth-order valence-electron chi connectivity index (χ4n) is 5.09. The van der Waals surface area contributed by atoms with Gasteiger partial charge in [0.2, 0.25) is 0 Å². The molecule has 1 atom stereocenters. The Morgan fingerprint density at radius 1 is 1.03 bits per heavy atom. The standard InChI is InChI=1S/C25H29N3O3/c29-24(27-14-6-7-18(16-27)17-31-21-10-2-1-3-11-21)19-12-13-23-22(15-19)26-25(30)28(23)20-8-4-5-9-20/h1-3,10-13,15,18,20H,4-9,14,16-17H2,(H,26,30). The molecule has 1 amide bonds. The number of ether oxygens (including phenoxy) is 1. The SMILES string of the molecule is O=C(c1ccc2c(c1)[nH]c(=O)n2C1CCCC1)N1CCCC(COc2ccccc2)C1. The number of hydrogen-bond acceptors (Lipinski definition) is 3. The van der Waals surface area contributed by atoms with E-state index in [4.69, 9.17) is 4.74 Å². The van der Waals surface area contributed by atoms with Crippen molar-refractivity contribution >= 4 is 16.9 Å². The number of carbonyl (C=O) groups excluding carboxylic acids is 1. The minimum Gasteiger partial charge on any atom is -0.493 e. The van der Waals surface area contributed by atoms with Crippen LogP contribution >= 0.6 is 0 Å². The second-order valence-electron chi connectivity index (χ2n) is 8.85. The van der Waals surface area contributed by atoms with E-state index in [1.165, 1.54) is 12.8 Å². The molecular weight excluding hydrogens is 390 g/mol. The summed E-state index contributed by atoms with van der Waals surface area (Å²) in [6, 6.07) is 15.7. The second-order valence-corrected chi connectivity index (χ2v) is 8.85. The van der Waals surface area contributed by atoms with Crippen molar-refractivity contribution in [1.29, 1.82) is 0 Å². The van der Waals surface area contributed by atoms with E-state index in [0.717, 1.165) is 49.0 Å². The van der Waals surface area contributed by atoms with Crippen LogP contribution in [-0.2, 0) is 0 Å². The summed E-state index contributed by atoms with van der Waals surface area (Å²) in [5.41, 5.74) is 2.23. The van der Waals surface area contributed by atoms with Crippen molar-refractivity contribution in [2.24, 2.45) is 5.92 Å². The highest BCUT2D eigenvalue weighted by atomic mass is 16.5. The van der Waals surface area contributed by atoms with Gasteiger partial charge in [0.1, 0.15) is 5.75 Å². The molecule has 0 radical (unpaired) electrons. The number of carbonyl (C=O) groups is 1. The number of benzene rings is 2. The molecule has 6 nitrogen and oxygen atoms in total. The molecule has 2 aromatic carbocycles. The zero-order valence-corrected chi connectivity index (χ0v) is 17.8. The van der Waals surface area contributed by atoms with Gasteiger partial charge in [0, 0.05) is 30.6 Å². The number of hydrogen-bond donors (Lipinski definition) is 1. The van der Waals surface area contributed by atoms with E-state index in [-0.39, 0.29) is 17.6 Å². The highest BCUT2D eigenvalue weighted by Crippen LogP contribution is 2.31. The molecule has 2 fully saturated rings. The van der Waals surface area contributed by atoms with E-state index >= 15 is 0 Å². The summed E-state index contributed by atoms with van der Waals surface area (Å²) in [5, 5.41) is 0. The Kier molecular flexibility index (Phi) is 5.53. The van der Waals surface area contributed by atoms with E-state index in [2.05, 4.69) is 4.98 Å². The Labute approximate surface area is 181 Å². The molecule has 162 valence electrons. The molecule has 1 unspecified atom stereocenters. The molecule has 2 heterocycles. The first kappa shape index (κ1) is 19.9. The lowest BCUT2D eigenvalue weighted by Gasteiger charge is -2.32. The van der Waals surface area contributed by atoms with Gasteiger partial charge >= 0.3 is 5.69 Å². The van der Waals surface area contributed by atoms with Crippen LogP contribution in [0.15, 0.2) is 53.3 Å². The molecule has 1 N–H and O–H groups in total. The minimum absolute atomic E-state index is 0.0285. The Morgan fingerprint density at radius 3 is 2.65 bits per heavy atom. The van der Waals surface area contributed by atoms with Crippen molar-refractivity contribution in [3.05, 3.63) is 64.6 Å². The fraction of sp³-hybridized carbons (Fsp3) is 0.440. The van der Waals surface area contributed by atoms with Crippen LogP contribution in [0.2, 0.25) is 0 Å². The Balaban J connectivity index is 1.29. The summed E-state index contributed by atoms with van der Waals surface area (Å²) in [6.07, 6.45) is 6.48. The monoisotopic (exact) mass is 419 g/mol. The van der Waals surface area contributed by atoms with Gasteiger partial charge in [0.25, 0.3) is 5.91 Å². The quantitative estimate of drug-likeness (QED) is 0.668. The number of likely N-dealkylation sites (tertiary alicyclic amines) is 1. The minimum atomic E-state index is -0.0670. The van der Waals surface area contributed by atoms with Gasteiger partial charge in [-0.25, -0.2) is 4.79 Å². The van der Waals surface area contributed by atoms with Gasteiger partial charge in [0.15, 0.2) is 0 Å². The summed E-state index contributed by atoms with van der Waals surface area (Å²) >= 11 is 0. The molecule has 1 aromatic heterocycles. The molecule has 31 heavy (non-hydrogen) atoms. The highest BCUT2D eigenvalue weighted by molar-refractivity contribution is 5.97. The first-order valence-corrected chi connectivity index (χ1v) is 11.4. The van der Waals surface area contributed by atoms with Crippen molar-refractivity contribution in [2.75, 3.05) is 19.7 Å². The average molecular weight is 420 g/mol. The molecule has 0 spiro atoms. The first-order valence-electron chi connectivity index (χ1n) is 11.4. The largest absolute Gasteiger partial charge is 0.493 e. The van der Waals surface area contributed by atoms with Crippen molar-refractivity contribution in [1.82, 2.24) is 14.5 Å². The Bertz CT molecular complexity index is 1110. The van der Waals surface area contributed by atoms with Gasteiger partial charge in [-0.15, -0.1) is 0 Å². The maximum Gasteiger partial charge on any atom is 0.326 e. The lowest BCUT2D eigenvalue weighted by Crippen LogP contribution is -2.41. The second kappa shape index (κ2) is 8.61. The number of aromatic amines is 1. The normalized spacial score (nSPS) is 19.7. The predicted octanol–water partition coefficient (Wildman–Crippen LogP) is 4.38. The number of piperidine rings is 1. The maximum absolute atomic E-state index is 13.2. The number of fused-ring (bicyclic) bond motifs is 1. The van der Waals surface area contributed by atoms with Crippen LogP contribution < -0.4 is 10.4 Å². The lowest BCUT2D eigenvalue weighted by molar-refractivity contribution is 0.0633. The number of para-hydroxylation sites is 1. The maximum atomic E-state index is 13.2. The van der Waals surface area contributed by atoms with Crippen LogP contribution in [0.5, 0.6) is 5.75 Å². The van der Waals surface area contributed by atoms with E-state index in [9.17, 15) is 9.59 Å². The molecule has 6 heteroatoms. The van der Waals surface area contributed by atoms with Crippen molar-refractivity contribution < 1.29 is 9.53 Å². The van der Waals surface area contributed by atoms with Gasteiger partial charge in [-0.05, 0) is 56.0 Å². The molecule has 2 aliphatic rings. The van der Waals surface area contributed by atoms with Gasteiger partial charge in [0.05, 0.1) is 17.6 Å². The zero-order valence-electron chi connectivity index (χ0n) is 17.8. The molecule has 1 saturated carbocycles. The number of H-pyrrole nitrogens is 1. The summed E-state index contributed by atoms with van der Waals surface area (Å²) in [4.78, 5) is 30.6. The summed E-state index contributed by atoms with van der Waals surface area (Å²) < 4.78 is 7.80. The van der Waals surface area contributed by atoms with Crippen LogP contribution in [0.3, 0.4) is 0 Å². The number of amides is 1. The van der Waals surface area contributed by atoms with Crippen LogP contribution in [0.25, 0.3) is 11.0 Å². The number of nitrogens with one attached hydrogen (secondary N) is 1. The smallest absolute Gasteiger partial charge is 0.326 e. The van der Waals surface area contributed by atoms with Crippen LogP contribution in [0, 0.1) is 5.92 Å². The number of imidazole rings is 1. The van der Waals surface area contributed by atoms with E-state index < -0.39 is 0 Å². The molecule has 3 aromatic rings. The third-order valence-corrected chi connectivity index (χ3v) is 6.69. The van der Waals surface area contributed by atoms with E-state index in [0.29, 0.717) is 24.6 Å². The van der Waals surface area contributed by atoms with Crippen LogP contribution in [-0.4, -0.2) is 40.1 Å². The fourth-order valence-corrected chi connectivity index (χ4v) is 5.09. The molecule has 1 aliphatic heterocycles. The molecule has 5 rings (SSSR count). The van der Waals surface area contributed by atoms with Crippen molar-refractivity contribution in [3.63, 3.8) is 0 Å². The lowest BCUT2D eigenvalue weighted by atomic mass is 9.98. The zero-order chi connectivity index (χ0) is 21.2. The summed E-state index contributed by atoms with van der Waals surface area (Å²) in [5.74, 6) is 1.22. The third-order valence-electron chi connectivity index (χ3n) is 6.69. The number of nitrogens with zero attached hydrogens (tertiary/aromatic N) is 2. The molecule has 1 saturated heterocycles. The van der Waals surface area contributed by atoms with Gasteiger partial charge in [-0.3, -0.25) is 9.36 Å². The topological polar surface area (TPSA) is 67.3 Å². The highest BCUT2D eigenvalue weighted by Gasteiger charge is 2.26. The molecular formula is C25H29N3O3. The molecule has 1 aliphatic carbocycles. The molecule has 0 bridgehead atoms. The Morgan fingerprint density at radius 2 is 1.84 bits per heavy atom. The van der Waals surface area contributed by atoms with Gasteiger partial charge < -0.3 is 14.6 Å². The van der Waals surface area contributed by atoms with Crippen LogP contribution in [0.1, 0.15) is 54.9 Å².